The summed E-state index contributed by atoms with van der Waals surface area (Å²) >= 11 is 2.38. The fourth-order valence-corrected chi connectivity index (χ4v) is 5.09. The van der Waals surface area contributed by atoms with Gasteiger partial charge in [0.1, 0.15) is 5.82 Å². The zero-order valence-electron chi connectivity index (χ0n) is 17.6. The number of carbonyl (C=O) groups excluding carboxylic acids is 2. The predicted octanol–water partition coefficient (Wildman–Crippen LogP) is 3.27. The second-order valence-corrected chi connectivity index (χ2v) is 9.50. The number of hydrogen-bond acceptors (Lipinski definition) is 9. The van der Waals surface area contributed by atoms with E-state index < -0.39 is 0 Å². The van der Waals surface area contributed by atoms with Crippen LogP contribution in [-0.4, -0.2) is 44.0 Å². The van der Waals surface area contributed by atoms with Crippen LogP contribution in [-0.2, 0) is 22.5 Å². The smallest absolute Gasteiger partial charge is 0.316 e. The van der Waals surface area contributed by atoms with Gasteiger partial charge in [0.15, 0.2) is 4.34 Å². The molecule has 32 heavy (non-hydrogen) atoms. The third kappa shape index (κ3) is 5.16. The first kappa shape index (κ1) is 22.4. The number of nitrogens with zero attached hydrogens (tertiary/aromatic N) is 4. The van der Waals surface area contributed by atoms with Crippen molar-refractivity contribution in [3.8, 4) is 0 Å². The quantitative estimate of drug-likeness (QED) is 0.329. The number of fused-ring (bicyclic) bond motifs is 2. The summed E-state index contributed by atoms with van der Waals surface area (Å²) in [6, 6.07) is 4.92. The summed E-state index contributed by atoms with van der Waals surface area (Å²) in [6.45, 7) is 2.76. The normalized spacial score (nSPS) is 13.8. The zero-order valence-corrected chi connectivity index (χ0v) is 19.3. The van der Waals surface area contributed by atoms with Gasteiger partial charge in [0.05, 0.1) is 23.3 Å². The Morgan fingerprint density at radius 2 is 2.06 bits per heavy atom. The fourth-order valence-electron chi connectivity index (χ4n) is 3.55. The van der Waals surface area contributed by atoms with Crippen molar-refractivity contribution in [2.75, 3.05) is 17.7 Å². The van der Waals surface area contributed by atoms with E-state index >= 15 is 0 Å². The highest BCUT2D eigenvalue weighted by Crippen LogP contribution is 2.26. The molecule has 1 amide bonds. The van der Waals surface area contributed by atoms with Crippen LogP contribution in [0.1, 0.15) is 48.8 Å². The molecule has 4 rings (SSSR count). The van der Waals surface area contributed by atoms with Gasteiger partial charge in [0, 0.05) is 18.5 Å². The van der Waals surface area contributed by atoms with Crippen LogP contribution in [0.3, 0.4) is 0 Å². The maximum atomic E-state index is 12.9. The summed E-state index contributed by atoms with van der Waals surface area (Å²) in [4.78, 5) is 41.8. The Kier molecular flexibility index (Phi) is 7.15. The molecule has 3 heterocycles. The van der Waals surface area contributed by atoms with Gasteiger partial charge in [-0.25, -0.2) is 4.98 Å². The number of aromatic nitrogens is 4. The van der Waals surface area contributed by atoms with Crippen LogP contribution in [0.4, 0.5) is 5.13 Å². The number of ether oxygens (including phenoxy) is 1. The molecule has 1 aliphatic heterocycles. The number of benzene rings is 1. The van der Waals surface area contributed by atoms with Crippen molar-refractivity contribution in [1.82, 2.24) is 19.7 Å². The van der Waals surface area contributed by atoms with Gasteiger partial charge in [-0.05, 0) is 38.0 Å². The molecular formula is C21H23N5O4S2. The lowest BCUT2D eigenvalue weighted by atomic mass is 10.1. The Balaban J connectivity index is 1.50. The molecule has 0 fully saturated rings. The first-order chi connectivity index (χ1) is 15.5. The molecule has 1 aliphatic rings. The van der Waals surface area contributed by atoms with E-state index in [1.807, 2.05) is 0 Å². The summed E-state index contributed by atoms with van der Waals surface area (Å²) in [5.74, 6) is 0.226. The maximum Gasteiger partial charge on any atom is 0.316 e. The maximum absolute atomic E-state index is 12.9. The lowest BCUT2D eigenvalue weighted by molar-refractivity contribution is -0.139. The van der Waals surface area contributed by atoms with Gasteiger partial charge in [0.25, 0.3) is 11.5 Å². The summed E-state index contributed by atoms with van der Waals surface area (Å²) < 4.78 is 7.21. The molecule has 0 unspecified atom stereocenters. The molecule has 1 N–H and O–H groups in total. The van der Waals surface area contributed by atoms with Crippen molar-refractivity contribution >= 4 is 51.0 Å². The highest BCUT2D eigenvalue weighted by molar-refractivity contribution is 8.01. The molecule has 0 bridgehead atoms. The monoisotopic (exact) mass is 473 g/mol. The second kappa shape index (κ2) is 10.2. The predicted molar refractivity (Wildman–Crippen MR) is 123 cm³/mol. The van der Waals surface area contributed by atoms with E-state index in [1.165, 1.54) is 23.1 Å². The third-order valence-electron chi connectivity index (χ3n) is 5.07. The standard InChI is InChI=1S/C21H23N5O4S2/c1-2-30-17(27)12-31-21-25-24-20(32-21)23-18(28)13-8-9-14-15(11-13)22-16-7-5-3-4-6-10-26(16)19(14)29/h8-9,11H,2-7,10,12H2,1H3,(H,23,24,28). The average molecular weight is 474 g/mol. The number of rotatable bonds is 6. The summed E-state index contributed by atoms with van der Waals surface area (Å²) in [7, 11) is 0. The summed E-state index contributed by atoms with van der Waals surface area (Å²) in [5.41, 5.74) is 0.861. The molecule has 0 saturated carbocycles. The number of thioether (sulfide) groups is 1. The van der Waals surface area contributed by atoms with E-state index in [0.29, 0.717) is 39.1 Å². The van der Waals surface area contributed by atoms with Crippen molar-refractivity contribution in [2.24, 2.45) is 0 Å². The Hall–Kier alpha value is -2.79. The average Bonchev–Trinajstić information content (AvgIpc) is 3.21. The van der Waals surface area contributed by atoms with Crippen molar-refractivity contribution in [1.29, 1.82) is 0 Å². The van der Waals surface area contributed by atoms with E-state index in [0.717, 1.165) is 37.9 Å². The van der Waals surface area contributed by atoms with E-state index in [-0.39, 0.29) is 23.2 Å². The van der Waals surface area contributed by atoms with Crippen molar-refractivity contribution in [3.05, 3.63) is 39.9 Å². The van der Waals surface area contributed by atoms with Gasteiger partial charge >= 0.3 is 5.97 Å². The molecule has 0 spiro atoms. The van der Waals surface area contributed by atoms with E-state index in [4.69, 9.17) is 9.72 Å². The van der Waals surface area contributed by atoms with Gasteiger partial charge in [-0.2, -0.15) is 0 Å². The lowest BCUT2D eigenvalue weighted by Crippen LogP contribution is -2.26. The van der Waals surface area contributed by atoms with E-state index in [2.05, 4.69) is 15.5 Å². The van der Waals surface area contributed by atoms with Crippen LogP contribution in [0.2, 0.25) is 0 Å². The number of amides is 1. The molecular weight excluding hydrogens is 450 g/mol. The Morgan fingerprint density at radius 3 is 2.91 bits per heavy atom. The topological polar surface area (TPSA) is 116 Å². The minimum absolute atomic E-state index is 0.0498. The number of anilines is 1. The molecule has 0 atom stereocenters. The Bertz CT molecular complexity index is 1210. The van der Waals surface area contributed by atoms with Gasteiger partial charge in [-0.3, -0.25) is 24.3 Å². The largest absolute Gasteiger partial charge is 0.465 e. The summed E-state index contributed by atoms with van der Waals surface area (Å²) in [6.07, 6.45) is 5.00. The third-order valence-corrected chi connectivity index (χ3v) is 7.02. The minimum atomic E-state index is -0.362. The van der Waals surface area contributed by atoms with Crippen molar-refractivity contribution in [3.63, 3.8) is 0 Å². The second-order valence-electron chi connectivity index (χ2n) is 7.30. The van der Waals surface area contributed by atoms with Crippen LogP contribution in [0.15, 0.2) is 27.3 Å². The fraction of sp³-hybridized carbons (Fsp3) is 0.429. The molecule has 9 nitrogen and oxygen atoms in total. The number of hydrogen-bond donors (Lipinski definition) is 1. The van der Waals surface area contributed by atoms with Crippen molar-refractivity contribution in [2.45, 2.75) is 49.9 Å². The number of carbonyl (C=O) groups is 2. The molecule has 2 aromatic heterocycles. The molecule has 0 radical (unpaired) electrons. The van der Waals surface area contributed by atoms with Crippen LogP contribution >= 0.6 is 23.1 Å². The highest BCUT2D eigenvalue weighted by Gasteiger charge is 2.16. The van der Waals surface area contributed by atoms with Gasteiger partial charge < -0.3 is 4.74 Å². The number of esters is 1. The van der Waals surface area contributed by atoms with E-state index in [1.54, 1.807) is 29.7 Å². The minimum Gasteiger partial charge on any atom is -0.465 e. The van der Waals surface area contributed by atoms with Crippen molar-refractivity contribution < 1.29 is 14.3 Å². The molecule has 11 heteroatoms. The van der Waals surface area contributed by atoms with Crippen LogP contribution < -0.4 is 10.9 Å². The van der Waals surface area contributed by atoms with Crippen LogP contribution in [0.25, 0.3) is 10.9 Å². The zero-order chi connectivity index (χ0) is 22.5. The molecule has 3 aromatic rings. The number of aryl methyl sites for hydroxylation is 1. The van der Waals surface area contributed by atoms with E-state index in [9.17, 15) is 14.4 Å². The highest BCUT2D eigenvalue weighted by atomic mass is 32.2. The van der Waals surface area contributed by atoms with Gasteiger partial charge in [-0.1, -0.05) is 35.9 Å². The molecule has 0 aliphatic carbocycles. The Morgan fingerprint density at radius 1 is 1.22 bits per heavy atom. The van der Waals surface area contributed by atoms with Crippen LogP contribution in [0.5, 0.6) is 0 Å². The summed E-state index contributed by atoms with van der Waals surface area (Å²) in [5, 5.41) is 11.5. The Labute approximate surface area is 192 Å². The molecule has 0 saturated heterocycles. The van der Waals surface area contributed by atoms with Gasteiger partial charge in [-0.15, -0.1) is 10.2 Å². The van der Waals surface area contributed by atoms with Crippen LogP contribution in [0, 0.1) is 0 Å². The lowest BCUT2D eigenvalue weighted by Gasteiger charge is -2.16. The number of nitrogens with one attached hydrogen (secondary N) is 1. The molecule has 168 valence electrons. The van der Waals surface area contributed by atoms with Gasteiger partial charge in [0.2, 0.25) is 5.13 Å². The first-order valence-electron chi connectivity index (χ1n) is 10.5. The molecule has 1 aromatic carbocycles. The first-order valence-corrected chi connectivity index (χ1v) is 12.3. The SMILES string of the molecule is CCOC(=O)CSc1nnc(NC(=O)c2ccc3c(=O)n4c(nc3c2)CCCCCC4)s1.